The van der Waals surface area contributed by atoms with Crippen molar-refractivity contribution in [2.24, 2.45) is 0 Å². The summed E-state index contributed by atoms with van der Waals surface area (Å²) in [6, 6.07) is 8.63. The Morgan fingerprint density at radius 1 is 1.07 bits per heavy atom. The molecule has 1 aromatic heterocycles. The van der Waals surface area contributed by atoms with E-state index in [0.717, 1.165) is 37.1 Å². The number of anilines is 1. The van der Waals surface area contributed by atoms with Crippen molar-refractivity contribution in [3.63, 3.8) is 0 Å². The van der Waals surface area contributed by atoms with Gasteiger partial charge in [0.2, 0.25) is 11.8 Å². The number of nitrogens with two attached hydrogens (primary N) is 1. The summed E-state index contributed by atoms with van der Waals surface area (Å²) in [6.07, 6.45) is 5.23. The number of amides is 2. The molecule has 160 valence electrons. The highest BCUT2D eigenvalue weighted by atomic mass is 19.1. The molecule has 30 heavy (non-hydrogen) atoms. The highest BCUT2D eigenvalue weighted by Crippen LogP contribution is 2.09. The number of nitrogens with zero attached hydrogens (tertiary/aromatic N) is 2. The van der Waals surface area contributed by atoms with Crippen molar-refractivity contribution in [2.75, 3.05) is 25.4 Å². The number of halogens is 1. The molecule has 2 heterocycles. The van der Waals surface area contributed by atoms with Gasteiger partial charge in [-0.1, -0.05) is 24.6 Å². The van der Waals surface area contributed by atoms with Crippen molar-refractivity contribution in [3.05, 3.63) is 59.5 Å². The second-order valence-corrected chi connectivity index (χ2v) is 7.60. The normalized spacial score (nSPS) is 15.4. The van der Waals surface area contributed by atoms with Gasteiger partial charge in [0.1, 0.15) is 17.7 Å². The quantitative estimate of drug-likeness (QED) is 0.611. The standard InChI is InChI=1S/C22H28FN5O2/c23-18-7-4-16(5-8-18)12-19(27-21(29)15-28-10-2-1-3-11-28)22(30)26-14-17-6-9-20(24)25-13-17/h4-9,13,19H,1-3,10-12,14-15H2,(H2,24,25)(H,26,30)(H,27,29)/t19-/m0/s1. The van der Waals surface area contributed by atoms with Crippen LogP contribution < -0.4 is 16.4 Å². The van der Waals surface area contributed by atoms with Crippen molar-refractivity contribution in [1.82, 2.24) is 20.5 Å². The van der Waals surface area contributed by atoms with E-state index in [0.29, 0.717) is 5.82 Å². The van der Waals surface area contributed by atoms with E-state index >= 15 is 0 Å². The van der Waals surface area contributed by atoms with Gasteiger partial charge in [0, 0.05) is 19.2 Å². The second kappa shape index (κ2) is 10.7. The van der Waals surface area contributed by atoms with Gasteiger partial charge >= 0.3 is 0 Å². The second-order valence-electron chi connectivity index (χ2n) is 7.60. The minimum atomic E-state index is -0.755. The van der Waals surface area contributed by atoms with Crippen LogP contribution in [0, 0.1) is 5.82 Å². The third kappa shape index (κ3) is 6.81. The number of nitrogen functional groups attached to an aromatic ring is 1. The topological polar surface area (TPSA) is 100 Å². The average molecular weight is 413 g/mol. The van der Waals surface area contributed by atoms with E-state index in [-0.39, 0.29) is 37.1 Å². The van der Waals surface area contributed by atoms with Crippen molar-refractivity contribution >= 4 is 17.6 Å². The van der Waals surface area contributed by atoms with Gasteiger partial charge < -0.3 is 16.4 Å². The van der Waals surface area contributed by atoms with Crippen LogP contribution in [0.1, 0.15) is 30.4 Å². The fourth-order valence-corrected chi connectivity index (χ4v) is 3.48. The van der Waals surface area contributed by atoms with Crippen LogP contribution in [0.25, 0.3) is 0 Å². The first kappa shape index (κ1) is 21.7. The summed E-state index contributed by atoms with van der Waals surface area (Å²) < 4.78 is 13.2. The van der Waals surface area contributed by atoms with Gasteiger partial charge in [-0.2, -0.15) is 0 Å². The number of carbonyl (C=O) groups is 2. The van der Waals surface area contributed by atoms with Gasteiger partial charge in [-0.05, 0) is 55.3 Å². The number of pyridine rings is 1. The fourth-order valence-electron chi connectivity index (χ4n) is 3.48. The molecule has 0 aliphatic carbocycles. The van der Waals surface area contributed by atoms with Crippen molar-refractivity contribution < 1.29 is 14.0 Å². The lowest BCUT2D eigenvalue weighted by atomic mass is 10.0. The van der Waals surface area contributed by atoms with E-state index in [1.807, 2.05) is 0 Å². The van der Waals surface area contributed by atoms with Crippen LogP contribution in [-0.4, -0.2) is 47.4 Å². The van der Waals surface area contributed by atoms with Crippen LogP contribution in [0.2, 0.25) is 0 Å². The number of carbonyl (C=O) groups excluding carboxylic acids is 2. The predicted octanol–water partition coefficient (Wildman–Crippen LogP) is 1.63. The third-order valence-electron chi connectivity index (χ3n) is 5.14. The number of hydrogen-bond acceptors (Lipinski definition) is 5. The molecule has 1 saturated heterocycles. The molecule has 8 heteroatoms. The lowest BCUT2D eigenvalue weighted by molar-refractivity contribution is -0.129. The van der Waals surface area contributed by atoms with E-state index in [4.69, 9.17) is 5.73 Å². The van der Waals surface area contributed by atoms with Gasteiger partial charge in [-0.25, -0.2) is 9.37 Å². The Bertz CT molecular complexity index is 836. The molecule has 3 rings (SSSR count). The van der Waals surface area contributed by atoms with Gasteiger partial charge in [-0.15, -0.1) is 0 Å². The summed E-state index contributed by atoms with van der Waals surface area (Å²) >= 11 is 0. The van der Waals surface area contributed by atoms with Crippen LogP contribution in [0.5, 0.6) is 0 Å². The van der Waals surface area contributed by atoms with Crippen LogP contribution in [-0.2, 0) is 22.6 Å². The van der Waals surface area contributed by atoms with E-state index in [1.165, 1.54) is 18.6 Å². The summed E-state index contributed by atoms with van der Waals surface area (Å²) in [5.41, 5.74) is 7.15. The molecule has 4 N–H and O–H groups in total. The van der Waals surface area contributed by atoms with Crippen LogP contribution in [0.15, 0.2) is 42.6 Å². The van der Waals surface area contributed by atoms with Crippen molar-refractivity contribution in [1.29, 1.82) is 0 Å². The van der Waals surface area contributed by atoms with Gasteiger partial charge in [-0.3, -0.25) is 14.5 Å². The number of benzene rings is 1. The molecule has 1 atom stereocenters. The monoisotopic (exact) mass is 413 g/mol. The Hall–Kier alpha value is -3.00. The first-order chi connectivity index (χ1) is 14.5. The van der Waals surface area contributed by atoms with Gasteiger partial charge in [0.25, 0.3) is 0 Å². The lowest BCUT2D eigenvalue weighted by Gasteiger charge is -2.27. The Labute approximate surface area is 175 Å². The van der Waals surface area contributed by atoms with Gasteiger partial charge in [0.15, 0.2) is 0 Å². The van der Waals surface area contributed by atoms with Crippen molar-refractivity contribution in [3.8, 4) is 0 Å². The minimum Gasteiger partial charge on any atom is -0.384 e. The van der Waals surface area contributed by atoms with E-state index in [1.54, 1.807) is 30.5 Å². The van der Waals surface area contributed by atoms with Crippen LogP contribution in [0.3, 0.4) is 0 Å². The van der Waals surface area contributed by atoms with Crippen molar-refractivity contribution in [2.45, 2.75) is 38.3 Å². The molecule has 7 nitrogen and oxygen atoms in total. The maximum absolute atomic E-state index is 13.2. The van der Waals surface area contributed by atoms with Gasteiger partial charge in [0.05, 0.1) is 6.54 Å². The lowest BCUT2D eigenvalue weighted by Crippen LogP contribution is -2.50. The molecule has 0 bridgehead atoms. The molecule has 0 radical (unpaired) electrons. The number of piperidine rings is 1. The molecule has 2 aromatic rings. The molecule has 0 unspecified atom stereocenters. The zero-order valence-electron chi connectivity index (χ0n) is 16.9. The molecule has 0 spiro atoms. The average Bonchev–Trinajstić information content (AvgIpc) is 2.75. The number of nitrogens with one attached hydrogen (secondary N) is 2. The highest BCUT2D eigenvalue weighted by molar-refractivity contribution is 5.88. The molecule has 1 fully saturated rings. The zero-order valence-corrected chi connectivity index (χ0v) is 16.9. The summed E-state index contributed by atoms with van der Waals surface area (Å²) in [5.74, 6) is -0.426. The number of hydrogen-bond donors (Lipinski definition) is 3. The summed E-state index contributed by atoms with van der Waals surface area (Å²) in [5, 5.41) is 5.69. The molecular formula is C22H28FN5O2. The molecular weight excluding hydrogens is 385 g/mol. The number of aromatic nitrogens is 1. The highest BCUT2D eigenvalue weighted by Gasteiger charge is 2.23. The molecule has 1 aliphatic heterocycles. The predicted molar refractivity (Wildman–Crippen MR) is 113 cm³/mol. The molecule has 1 aliphatic rings. The third-order valence-corrected chi connectivity index (χ3v) is 5.14. The Kier molecular flexibility index (Phi) is 7.73. The Morgan fingerprint density at radius 3 is 2.43 bits per heavy atom. The first-order valence-electron chi connectivity index (χ1n) is 10.2. The Morgan fingerprint density at radius 2 is 1.77 bits per heavy atom. The molecule has 1 aromatic carbocycles. The maximum Gasteiger partial charge on any atom is 0.243 e. The first-order valence-corrected chi connectivity index (χ1v) is 10.2. The van der Waals surface area contributed by atoms with E-state index in [2.05, 4.69) is 20.5 Å². The molecule has 2 amide bonds. The summed E-state index contributed by atoms with van der Waals surface area (Å²) in [4.78, 5) is 31.5. The summed E-state index contributed by atoms with van der Waals surface area (Å²) in [6.45, 7) is 2.34. The largest absolute Gasteiger partial charge is 0.384 e. The van der Waals surface area contributed by atoms with E-state index < -0.39 is 6.04 Å². The van der Waals surface area contributed by atoms with E-state index in [9.17, 15) is 14.0 Å². The zero-order chi connectivity index (χ0) is 21.3. The summed E-state index contributed by atoms with van der Waals surface area (Å²) in [7, 11) is 0. The Balaban J connectivity index is 1.62. The SMILES string of the molecule is Nc1ccc(CNC(=O)[C@H](Cc2ccc(F)cc2)NC(=O)CN2CCCCC2)cn1. The number of likely N-dealkylation sites (tertiary alicyclic amines) is 1. The minimum absolute atomic E-state index is 0.187. The molecule has 0 saturated carbocycles. The number of rotatable bonds is 8. The smallest absolute Gasteiger partial charge is 0.243 e. The maximum atomic E-state index is 13.2. The fraction of sp³-hybridized carbons (Fsp3) is 0.409. The van der Waals surface area contributed by atoms with Crippen LogP contribution >= 0.6 is 0 Å². The van der Waals surface area contributed by atoms with Crippen LogP contribution in [0.4, 0.5) is 10.2 Å².